The number of aromatic nitrogens is 3. The smallest absolute Gasteiger partial charge is 0.191 e. The van der Waals surface area contributed by atoms with Gasteiger partial charge < -0.3 is 15.2 Å². The Morgan fingerprint density at radius 1 is 1.25 bits per heavy atom. The van der Waals surface area contributed by atoms with Crippen molar-refractivity contribution in [1.82, 2.24) is 25.4 Å². The molecule has 0 aliphatic heterocycles. The van der Waals surface area contributed by atoms with Crippen LogP contribution < -0.4 is 10.6 Å². The van der Waals surface area contributed by atoms with E-state index in [1.165, 1.54) is 25.7 Å². The van der Waals surface area contributed by atoms with E-state index in [0.29, 0.717) is 12.0 Å². The van der Waals surface area contributed by atoms with Gasteiger partial charge in [0.05, 0.1) is 0 Å². The van der Waals surface area contributed by atoms with Crippen molar-refractivity contribution in [2.75, 3.05) is 13.1 Å². The number of rotatable bonds is 6. The Labute approximate surface area is 163 Å². The summed E-state index contributed by atoms with van der Waals surface area (Å²) >= 11 is 0. The third-order valence-corrected chi connectivity index (χ3v) is 5.08. The minimum Gasteiger partial charge on any atom is -0.357 e. The molecule has 1 aromatic heterocycles. The molecular weight excluding hydrogens is 415 g/mol. The molecule has 1 saturated carbocycles. The summed E-state index contributed by atoms with van der Waals surface area (Å²) < 4.78 is 1.98. The maximum absolute atomic E-state index is 4.66. The lowest BCUT2D eigenvalue weighted by Gasteiger charge is -2.32. The van der Waals surface area contributed by atoms with E-state index in [1.54, 1.807) is 0 Å². The van der Waals surface area contributed by atoms with Crippen LogP contribution in [0.25, 0.3) is 0 Å². The molecule has 1 heterocycles. The van der Waals surface area contributed by atoms with Crippen molar-refractivity contribution in [3.05, 3.63) is 11.6 Å². The normalized spacial score (nSPS) is 16.1. The summed E-state index contributed by atoms with van der Waals surface area (Å²) in [5.41, 5.74) is 0.300. The molecule has 0 unspecified atom stereocenters. The van der Waals surface area contributed by atoms with Gasteiger partial charge in [-0.3, -0.25) is 0 Å². The van der Waals surface area contributed by atoms with Gasteiger partial charge in [-0.05, 0) is 38.0 Å². The van der Waals surface area contributed by atoms with E-state index in [9.17, 15) is 0 Å². The van der Waals surface area contributed by atoms with Gasteiger partial charge in [0.1, 0.15) is 12.4 Å². The largest absolute Gasteiger partial charge is 0.357 e. The van der Waals surface area contributed by atoms with Crippen LogP contribution in [-0.2, 0) is 13.6 Å². The molecule has 0 saturated heterocycles. The second kappa shape index (κ2) is 9.58. The highest BCUT2D eigenvalue weighted by Gasteiger charge is 2.31. The second-order valence-electron chi connectivity index (χ2n) is 7.24. The van der Waals surface area contributed by atoms with E-state index >= 15 is 0 Å². The predicted molar refractivity (Wildman–Crippen MR) is 110 cm³/mol. The lowest BCUT2D eigenvalue weighted by atomic mass is 9.78. The molecule has 0 spiro atoms. The lowest BCUT2D eigenvalue weighted by molar-refractivity contribution is 0.218. The number of aliphatic imine (C=N–C) groups is 1. The van der Waals surface area contributed by atoms with Gasteiger partial charge in [-0.1, -0.05) is 26.7 Å². The predicted octanol–water partition coefficient (Wildman–Crippen LogP) is 3.01. The van der Waals surface area contributed by atoms with E-state index in [4.69, 9.17) is 0 Å². The number of halogens is 1. The van der Waals surface area contributed by atoms with E-state index < -0.39 is 0 Å². The zero-order valence-corrected chi connectivity index (χ0v) is 18.1. The quantitative estimate of drug-likeness (QED) is 0.399. The number of guanidine groups is 1. The Hall–Kier alpha value is -0.860. The summed E-state index contributed by atoms with van der Waals surface area (Å²) in [4.78, 5) is 4.66. The molecule has 1 fully saturated rings. The Kier molecular flexibility index (Phi) is 8.45. The van der Waals surface area contributed by atoms with Gasteiger partial charge in [0.15, 0.2) is 11.8 Å². The first-order valence-electron chi connectivity index (χ1n) is 8.81. The van der Waals surface area contributed by atoms with Gasteiger partial charge in [-0.15, -0.1) is 34.2 Å². The monoisotopic (exact) mass is 448 g/mol. The Balaban J connectivity index is 0.00000288. The SMILES string of the molecule is CCNC(=NCc1nnc(C)n1C)NCC(C)(C)C1CCCC1.I. The van der Waals surface area contributed by atoms with Crippen molar-refractivity contribution in [3.63, 3.8) is 0 Å². The first kappa shape index (κ1) is 21.2. The first-order chi connectivity index (χ1) is 10.9. The van der Waals surface area contributed by atoms with Crippen LogP contribution in [0.1, 0.15) is 58.1 Å². The van der Waals surface area contributed by atoms with E-state index in [-0.39, 0.29) is 24.0 Å². The van der Waals surface area contributed by atoms with Gasteiger partial charge in [0, 0.05) is 20.1 Å². The molecule has 138 valence electrons. The fraction of sp³-hybridized carbons (Fsp3) is 0.824. The summed E-state index contributed by atoms with van der Waals surface area (Å²) in [5.74, 6) is 3.48. The van der Waals surface area contributed by atoms with Crippen LogP contribution in [0.5, 0.6) is 0 Å². The molecule has 1 aliphatic carbocycles. The number of nitrogens with zero attached hydrogens (tertiary/aromatic N) is 4. The van der Waals surface area contributed by atoms with Crippen molar-refractivity contribution in [2.45, 2.75) is 59.9 Å². The maximum atomic E-state index is 4.66. The molecule has 0 bridgehead atoms. The number of hydrogen-bond acceptors (Lipinski definition) is 3. The third-order valence-electron chi connectivity index (χ3n) is 5.08. The average Bonchev–Trinajstić information content (AvgIpc) is 3.15. The third kappa shape index (κ3) is 5.60. The van der Waals surface area contributed by atoms with Crippen molar-refractivity contribution in [1.29, 1.82) is 0 Å². The molecule has 1 aliphatic rings. The molecule has 1 aromatic rings. The summed E-state index contributed by atoms with van der Waals surface area (Å²) in [6.07, 6.45) is 5.49. The molecule has 24 heavy (non-hydrogen) atoms. The molecule has 0 aromatic carbocycles. The van der Waals surface area contributed by atoms with Crippen LogP contribution in [-0.4, -0.2) is 33.8 Å². The van der Waals surface area contributed by atoms with Crippen LogP contribution in [0.15, 0.2) is 4.99 Å². The summed E-state index contributed by atoms with van der Waals surface area (Å²) in [6, 6.07) is 0. The number of nitrogens with one attached hydrogen (secondary N) is 2. The van der Waals surface area contributed by atoms with Crippen molar-refractivity contribution in [2.24, 2.45) is 23.4 Å². The minimum absolute atomic E-state index is 0. The highest BCUT2D eigenvalue weighted by Crippen LogP contribution is 2.38. The standard InChI is InChI=1S/C17H32N6.HI/c1-6-18-16(19-11-15-22-21-13(2)23(15)5)20-12-17(3,4)14-9-7-8-10-14;/h14H,6-12H2,1-5H3,(H2,18,19,20);1H. The van der Waals surface area contributed by atoms with Crippen LogP contribution in [0, 0.1) is 18.3 Å². The highest BCUT2D eigenvalue weighted by molar-refractivity contribution is 14.0. The fourth-order valence-corrected chi connectivity index (χ4v) is 3.24. The Morgan fingerprint density at radius 2 is 1.92 bits per heavy atom. The van der Waals surface area contributed by atoms with Crippen LogP contribution >= 0.6 is 24.0 Å². The van der Waals surface area contributed by atoms with Gasteiger partial charge in [0.2, 0.25) is 0 Å². The zero-order valence-electron chi connectivity index (χ0n) is 15.7. The summed E-state index contributed by atoms with van der Waals surface area (Å²) in [7, 11) is 1.98. The molecule has 0 atom stereocenters. The van der Waals surface area contributed by atoms with Gasteiger partial charge in [0.25, 0.3) is 0 Å². The Bertz CT molecular complexity index is 531. The molecule has 0 radical (unpaired) electrons. The Morgan fingerprint density at radius 3 is 2.46 bits per heavy atom. The molecule has 0 amide bonds. The topological polar surface area (TPSA) is 67.1 Å². The van der Waals surface area contributed by atoms with Crippen molar-refractivity contribution in [3.8, 4) is 0 Å². The average molecular weight is 448 g/mol. The molecular formula is C17H33IN6. The van der Waals surface area contributed by atoms with Crippen LogP contribution in [0.3, 0.4) is 0 Å². The fourth-order valence-electron chi connectivity index (χ4n) is 3.24. The number of aryl methyl sites for hydroxylation is 1. The van der Waals surface area contributed by atoms with Gasteiger partial charge in [-0.2, -0.15) is 0 Å². The van der Waals surface area contributed by atoms with Crippen molar-refractivity contribution < 1.29 is 0 Å². The van der Waals surface area contributed by atoms with Crippen molar-refractivity contribution >= 4 is 29.9 Å². The maximum Gasteiger partial charge on any atom is 0.191 e. The minimum atomic E-state index is 0. The van der Waals surface area contributed by atoms with Crippen LogP contribution in [0.4, 0.5) is 0 Å². The van der Waals surface area contributed by atoms with Gasteiger partial charge >= 0.3 is 0 Å². The van der Waals surface area contributed by atoms with Crippen LogP contribution in [0.2, 0.25) is 0 Å². The van der Waals surface area contributed by atoms with E-state index in [0.717, 1.165) is 36.6 Å². The molecule has 7 heteroatoms. The van der Waals surface area contributed by atoms with E-state index in [2.05, 4.69) is 46.6 Å². The first-order valence-corrected chi connectivity index (χ1v) is 8.81. The lowest BCUT2D eigenvalue weighted by Crippen LogP contribution is -2.44. The second-order valence-corrected chi connectivity index (χ2v) is 7.24. The molecule has 2 N–H and O–H groups in total. The summed E-state index contributed by atoms with van der Waals surface area (Å²) in [6.45, 7) is 11.1. The van der Waals surface area contributed by atoms with Gasteiger partial charge in [-0.25, -0.2) is 4.99 Å². The molecule has 2 rings (SSSR count). The zero-order chi connectivity index (χ0) is 16.9. The summed E-state index contributed by atoms with van der Waals surface area (Å²) in [5, 5.41) is 15.1. The highest BCUT2D eigenvalue weighted by atomic mass is 127. The molecule has 6 nitrogen and oxygen atoms in total. The van der Waals surface area contributed by atoms with E-state index in [1.807, 2.05) is 18.5 Å². The number of hydrogen-bond donors (Lipinski definition) is 2.